The van der Waals surface area contributed by atoms with Crippen LogP contribution >= 0.6 is 8.25 Å². The molecule has 154 valence electrons. The fraction of sp³-hybridized carbons (Fsp3) is 0.294. The third kappa shape index (κ3) is 3.70. The summed E-state index contributed by atoms with van der Waals surface area (Å²) in [5, 5.41) is 24.5. The second-order valence-corrected chi connectivity index (χ2v) is 7.41. The number of alkyl halides is 1. The molecule has 1 aliphatic heterocycles. The molecule has 4 N–H and O–H groups in total. The Morgan fingerprint density at radius 2 is 2.03 bits per heavy atom. The third-order valence-corrected chi connectivity index (χ3v) is 5.31. The van der Waals surface area contributed by atoms with E-state index in [1.54, 1.807) is 36.4 Å². The first-order valence-electron chi connectivity index (χ1n) is 8.60. The van der Waals surface area contributed by atoms with Crippen LogP contribution in [0.25, 0.3) is 5.52 Å². The summed E-state index contributed by atoms with van der Waals surface area (Å²) in [7, 11) is -3.12. The summed E-state index contributed by atoms with van der Waals surface area (Å²) in [6.45, 7) is -0.910. The van der Waals surface area contributed by atoms with E-state index in [1.165, 1.54) is 16.9 Å². The van der Waals surface area contributed by atoms with Crippen molar-refractivity contribution in [3.05, 3.63) is 54.5 Å². The van der Waals surface area contributed by atoms with Gasteiger partial charge < -0.3 is 25.2 Å². The number of aliphatic hydroxyl groups is 2. The monoisotopic (exact) mass is 424 g/mol. The molecule has 1 saturated heterocycles. The number of nitrogens with two attached hydrogens (primary N) is 1. The summed E-state index contributed by atoms with van der Waals surface area (Å²) in [6, 6.07) is 11.3. The van der Waals surface area contributed by atoms with E-state index in [2.05, 4.69) is 10.1 Å². The number of nitrogens with zero attached hydrogens (tertiary/aromatic N) is 3. The SMILES string of the molecule is Nc1ncnn2c([C@@H]3O[C@](F)(CO[PH](=O)Oc4ccccc4)[C@@H](O)[C@H]3O)ccc12. The number of aliphatic hydroxyl groups excluding tert-OH is 2. The average molecular weight is 424 g/mol. The van der Waals surface area contributed by atoms with Crippen LogP contribution in [-0.2, 0) is 13.8 Å². The van der Waals surface area contributed by atoms with Gasteiger partial charge in [0.05, 0.1) is 5.69 Å². The van der Waals surface area contributed by atoms with Crippen LogP contribution in [-0.4, -0.2) is 49.5 Å². The number of halogens is 1. The van der Waals surface area contributed by atoms with Crippen molar-refractivity contribution in [2.24, 2.45) is 0 Å². The standard InChI is InChI=1S/C17H18FN4O6P/c18-17(8-26-29(25)28-10-4-2-1-3-5-10)15(24)13(23)14(27-17)11-6-7-12-16(19)20-9-21-22(11)12/h1-7,9,13-15,23-24,29H,8H2,(H2,19,20,21)/t13-,14-,15-,17+/m0/s1. The summed E-state index contributed by atoms with van der Waals surface area (Å²) in [4.78, 5) is 3.85. The first kappa shape index (κ1) is 19.7. The average Bonchev–Trinajstić information content (AvgIpc) is 3.24. The molecule has 0 spiro atoms. The highest BCUT2D eigenvalue weighted by atomic mass is 31.1. The number of fused-ring (bicyclic) bond motifs is 1. The molecule has 5 atom stereocenters. The molecule has 3 aromatic rings. The zero-order valence-corrected chi connectivity index (χ0v) is 15.9. The fourth-order valence-corrected chi connectivity index (χ4v) is 3.79. The lowest BCUT2D eigenvalue weighted by Crippen LogP contribution is -2.42. The van der Waals surface area contributed by atoms with Crippen molar-refractivity contribution in [1.29, 1.82) is 0 Å². The van der Waals surface area contributed by atoms with Gasteiger partial charge in [-0.3, -0.25) is 4.52 Å². The van der Waals surface area contributed by atoms with Gasteiger partial charge in [0.2, 0.25) is 0 Å². The van der Waals surface area contributed by atoms with E-state index in [0.717, 1.165) is 0 Å². The number of aromatic nitrogens is 3. The van der Waals surface area contributed by atoms with Crippen molar-refractivity contribution in [3.8, 4) is 5.75 Å². The summed E-state index contributed by atoms with van der Waals surface area (Å²) in [5.74, 6) is -2.34. The molecule has 3 heterocycles. The summed E-state index contributed by atoms with van der Waals surface area (Å²) in [5.41, 5.74) is 6.45. The minimum absolute atomic E-state index is 0.186. The summed E-state index contributed by atoms with van der Waals surface area (Å²) < 4.78 is 43.7. The normalized spacial score (nSPS) is 27.9. The molecule has 4 rings (SSSR count). The van der Waals surface area contributed by atoms with Crippen LogP contribution in [0.4, 0.5) is 10.2 Å². The van der Waals surface area contributed by atoms with Gasteiger partial charge in [0, 0.05) is 0 Å². The Balaban J connectivity index is 1.48. The molecule has 0 amide bonds. The largest absolute Gasteiger partial charge is 0.426 e. The van der Waals surface area contributed by atoms with Crippen LogP contribution < -0.4 is 10.3 Å². The van der Waals surface area contributed by atoms with Crippen LogP contribution in [0.1, 0.15) is 11.8 Å². The number of hydrogen-bond donors (Lipinski definition) is 3. The molecule has 0 bridgehead atoms. The summed E-state index contributed by atoms with van der Waals surface area (Å²) >= 11 is 0. The molecular weight excluding hydrogens is 406 g/mol. The number of anilines is 1. The second-order valence-electron chi connectivity index (χ2n) is 6.41. The van der Waals surface area contributed by atoms with Gasteiger partial charge in [-0.05, 0) is 24.3 Å². The van der Waals surface area contributed by atoms with Crippen molar-refractivity contribution < 1.29 is 33.0 Å². The highest BCUT2D eigenvalue weighted by Crippen LogP contribution is 2.43. The number of ether oxygens (including phenoxy) is 1. The van der Waals surface area contributed by atoms with E-state index < -0.39 is 39.0 Å². The maximum Gasteiger partial charge on any atom is 0.368 e. The topological polar surface area (TPSA) is 141 Å². The molecule has 29 heavy (non-hydrogen) atoms. The van der Waals surface area contributed by atoms with Gasteiger partial charge in [0.25, 0.3) is 5.85 Å². The Hall–Kier alpha value is -2.56. The minimum atomic E-state index is -3.12. The summed E-state index contributed by atoms with van der Waals surface area (Å²) in [6.07, 6.45) is -3.66. The lowest BCUT2D eigenvalue weighted by molar-refractivity contribution is -0.192. The first-order valence-corrected chi connectivity index (χ1v) is 9.82. The van der Waals surface area contributed by atoms with E-state index in [1.807, 2.05) is 0 Å². The molecule has 1 unspecified atom stereocenters. The van der Waals surface area contributed by atoms with Crippen LogP contribution in [0.3, 0.4) is 0 Å². The Kier molecular flexibility index (Phi) is 5.24. The van der Waals surface area contributed by atoms with Crippen molar-refractivity contribution >= 4 is 19.6 Å². The smallest absolute Gasteiger partial charge is 0.368 e. The van der Waals surface area contributed by atoms with Gasteiger partial charge in [-0.2, -0.15) is 5.10 Å². The lowest BCUT2D eigenvalue weighted by Gasteiger charge is -2.22. The number of nitrogen functional groups attached to an aromatic ring is 1. The van der Waals surface area contributed by atoms with Crippen molar-refractivity contribution in [2.75, 3.05) is 12.3 Å². The third-order valence-electron chi connectivity index (χ3n) is 4.53. The minimum Gasteiger partial charge on any atom is -0.426 e. The molecular formula is C17H18FN4O6P. The molecule has 1 aliphatic rings. The van der Waals surface area contributed by atoms with Crippen molar-refractivity contribution in [3.63, 3.8) is 0 Å². The molecule has 2 aromatic heterocycles. The van der Waals surface area contributed by atoms with Crippen LogP contribution in [0.2, 0.25) is 0 Å². The maximum absolute atomic E-state index is 15.2. The number of benzene rings is 1. The molecule has 0 radical (unpaired) electrons. The molecule has 0 aliphatic carbocycles. The van der Waals surface area contributed by atoms with Gasteiger partial charge >= 0.3 is 8.25 Å². The lowest BCUT2D eigenvalue weighted by atomic mass is 10.1. The van der Waals surface area contributed by atoms with Crippen LogP contribution in [0, 0.1) is 0 Å². The molecule has 1 fully saturated rings. The van der Waals surface area contributed by atoms with E-state index in [4.69, 9.17) is 19.5 Å². The van der Waals surface area contributed by atoms with Gasteiger partial charge in [-0.25, -0.2) is 18.5 Å². The van der Waals surface area contributed by atoms with Gasteiger partial charge in [-0.1, -0.05) is 18.2 Å². The number of rotatable bonds is 6. The molecule has 1 aromatic carbocycles. The Bertz CT molecular complexity index is 1040. The van der Waals surface area contributed by atoms with E-state index in [0.29, 0.717) is 5.52 Å². The highest BCUT2D eigenvalue weighted by molar-refractivity contribution is 7.33. The predicted octanol–water partition coefficient (Wildman–Crippen LogP) is 1.26. The zero-order chi connectivity index (χ0) is 20.6. The number of hydrogen-bond acceptors (Lipinski definition) is 9. The van der Waals surface area contributed by atoms with Crippen molar-refractivity contribution in [2.45, 2.75) is 24.2 Å². The van der Waals surface area contributed by atoms with Crippen molar-refractivity contribution in [1.82, 2.24) is 14.6 Å². The maximum atomic E-state index is 15.2. The highest BCUT2D eigenvalue weighted by Gasteiger charge is 2.56. The Morgan fingerprint density at radius 1 is 1.28 bits per heavy atom. The number of para-hydroxylation sites is 1. The Labute approximate surface area is 164 Å². The Morgan fingerprint density at radius 3 is 2.79 bits per heavy atom. The van der Waals surface area contributed by atoms with Gasteiger partial charge in [0.15, 0.2) is 5.82 Å². The molecule has 12 heteroatoms. The van der Waals surface area contributed by atoms with Gasteiger partial charge in [-0.15, -0.1) is 0 Å². The fourth-order valence-electron chi connectivity index (χ4n) is 3.09. The second kappa shape index (κ2) is 7.69. The van der Waals surface area contributed by atoms with Crippen LogP contribution in [0.15, 0.2) is 48.8 Å². The van der Waals surface area contributed by atoms with Crippen LogP contribution in [0.5, 0.6) is 5.75 Å². The zero-order valence-electron chi connectivity index (χ0n) is 14.9. The molecule has 10 nitrogen and oxygen atoms in total. The predicted molar refractivity (Wildman–Crippen MR) is 99.1 cm³/mol. The van der Waals surface area contributed by atoms with E-state index >= 15 is 4.39 Å². The molecule has 0 saturated carbocycles. The quantitative estimate of drug-likeness (QED) is 0.499. The van der Waals surface area contributed by atoms with E-state index in [-0.39, 0.29) is 17.3 Å². The van der Waals surface area contributed by atoms with Gasteiger partial charge in [0.1, 0.15) is 42.5 Å². The van der Waals surface area contributed by atoms with E-state index in [9.17, 15) is 14.8 Å². The first-order chi connectivity index (χ1) is 13.9.